The number of hydrogen-bond acceptors (Lipinski definition) is 3. The van der Waals surface area contributed by atoms with Crippen LogP contribution < -0.4 is 14.8 Å². The van der Waals surface area contributed by atoms with Crippen LogP contribution in [-0.2, 0) is 6.54 Å². The van der Waals surface area contributed by atoms with Crippen LogP contribution in [0, 0.1) is 0 Å². The van der Waals surface area contributed by atoms with Gasteiger partial charge in [0, 0.05) is 13.0 Å². The molecule has 1 aliphatic carbocycles. The van der Waals surface area contributed by atoms with Crippen LogP contribution >= 0.6 is 15.9 Å². The number of ether oxygens (including phenoxy) is 2. The number of halogens is 4. The van der Waals surface area contributed by atoms with E-state index in [0.717, 1.165) is 12.0 Å². The van der Waals surface area contributed by atoms with Crippen molar-refractivity contribution in [3.05, 3.63) is 22.2 Å². The maximum absolute atomic E-state index is 12.9. The van der Waals surface area contributed by atoms with E-state index in [0.29, 0.717) is 29.2 Å². The molecule has 3 nitrogen and oxygen atoms in total. The van der Waals surface area contributed by atoms with Gasteiger partial charge in [0.2, 0.25) is 0 Å². The van der Waals surface area contributed by atoms with Crippen LogP contribution in [0.1, 0.15) is 24.8 Å². The molecule has 1 aromatic rings. The smallest absolute Gasteiger partial charge is 0.406 e. The Morgan fingerprint density at radius 2 is 1.90 bits per heavy atom. The van der Waals surface area contributed by atoms with Crippen LogP contribution in [0.15, 0.2) is 16.6 Å². The Labute approximate surface area is 128 Å². The summed E-state index contributed by atoms with van der Waals surface area (Å²) < 4.78 is 50.5. The van der Waals surface area contributed by atoms with Crippen LogP contribution in [0.3, 0.4) is 0 Å². The van der Waals surface area contributed by atoms with Gasteiger partial charge in [0.15, 0.2) is 11.5 Å². The summed E-state index contributed by atoms with van der Waals surface area (Å²) in [5.74, 6) is 1.20. The summed E-state index contributed by atoms with van der Waals surface area (Å²) in [6.45, 7) is 1.26. The molecule has 0 unspecified atom stereocenters. The van der Waals surface area contributed by atoms with Gasteiger partial charge in [-0.05, 0) is 46.5 Å². The lowest BCUT2D eigenvalue weighted by molar-refractivity contribution is -0.166. The molecule has 116 valence electrons. The number of nitrogens with one attached hydrogen (secondary N) is 1. The molecule has 1 N–H and O–H groups in total. The molecule has 0 radical (unpaired) electrons. The van der Waals surface area contributed by atoms with Gasteiger partial charge >= 0.3 is 6.18 Å². The quantitative estimate of drug-likeness (QED) is 0.883. The summed E-state index contributed by atoms with van der Waals surface area (Å²) in [7, 11) is 0. The first-order chi connectivity index (χ1) is 9.91. The monoisotopic (exact) mass is 365 g/mol. The van der Waals surface area contributed by atoms with Crippen molar-refractivity contribution < 1.29 is 22.6 Å². The predicted molar refractivity (Wildman–Crippen MR) is 74.6 cm³/mol. The molecule has 3 rings (SSSR count). The summed E-state index contributed by atoms with van der Waals surface area (Å²) >= 11 is 3.39. The van der Waals surface area contributed by atoms with Gasteiger partial charge < -0.3 is 9.47 Å². The van der Waals surface area contributed by atoms with Gasteiger partial charge in [0.1, 0.15) is 5.54 Å². The van der Waals surface area contributed by atoms with Crippen molar-refractivity contribution in [2.75, 3.05) is 13.2 Å². The standard InChI is InChI=1S/C14H15BrF3NO2/c15-10-6-9(7-11-12(10)21-5-1-4-20-11)8-19-13(2-3-13)14(16,17)18/h6-7,19H,1-5,8H2. The predicted octanol–water partition coefficient (Wildman–Crippen LogP) is 3.79. The first-order valence-corrected chi connectivity index (χ1v) is 7.60. The van der Waals surface area contributed by atoms with Gasteiger partial charge in [-0.3, -0.25) is 5.32 Å². The zero-order valence-corrected chi connectivity index (χ0v) is 12.8. The lowest BCUT2D eigenvalue weighted by Gasteiger charge is -2.21. The number of fused-ring (bicyclic) bond motifs is 1. The molecular weight excluding hydrogens is 351 g/mol. The Morgan fingerprint density at radius 1 is 1.19 bits per heavy atom. The molecule has 1 heterocycles. The molecule has 1 aliphatic heterocycles. The van der Waals surface area contributed by atoms with Gasteiger partial charge in [-0.1, -0.05) is 0 Å². The fraction of sp³-hybridized carbons (Fsp3) is 0.571. The summed E-state index contributed by atoms with van der Waals surface area (Å²) in [4.78, 5) is 0. The van der Waals surface area contributed by atoms with Crippen LogP contribution in [-0.4, -0.2) is 24.9 Å². The van der Waals surface area contributed by atoms with E-state index in [9.17, 15) is 13.2 Å². The van der Waals surface area contributed by atoms with Gasteiger partial charge in [0.25, 0.3) is 0 Å². The molecule has 0 atom stereocenters. The minimum Gasteiger partial charge on any atom is -0.490 e. The maximum Gasteiger partial charge on any atom is 0.406 e. The first kappa shape index (κ1) is 15.0. The Hall–Kier alpha value is -0.950. The number of rotatable bonds is 3. The van der Waals surface area contributed by atoms with Crippen LogP contribution in [0.4, 0.5) is 13.2 Å². The topological polar surface area (TPSA) is 30.5 Å². The first-order valence-electron chi connectivity index (χ1n) is 6.81. The highest BCUT2D eigenvalue weighted by molar-refractivity contribution is 9.10. The summed E-state index contributed by atoms with van der Waals surface area (Å²) in [5, 5.41) is 2.63. The van der Waals surface area contributed by atoms with E-state index >= 15 is 0 Å². The van der Waals surface area contributed by atoms with Crippen molar-refractivity contribution in [1.82, 2.24) is 5.32 Å². The van der Waals surface area contributed by atoms with Crippen LogP contribution in [0.25, 0.3) is 0 Å². The van der Waals surface area contributed by atoms with Gasteiger partial charge in [0.05, 0.1) is 17.7 Å². The number of hydrogen-bond donors (Lipinski definition) is 1. The molecule has 0 amide bonds. The summed E-state index contributed by atoms with van der Waals surface area (Å²) in [5.41, 5.74) is -0.967. The van der Waals surface area contributed by atoms with E-state index < -0.39 is 11.7 Å². The largest absolute Gasteiger partial charge is 0.490 e. The van der Waals surface area contributed by atoms with Crippen molar-refractivity contribution in [2.45, 2.75) is 37.5 Å². The zero-order chi connectivity index (χ0) is 15.1. The SMILES string of the molecule is FC(F)(F)C1(NCc2cc(Br)c3c(c2)OCCCO3)CC1. The molecule has 1 saturated carbocycles. The summed E-state index contributed by atoms with van der Waals surface area (Å²) in [6, 6.07) is 3.51. The van der Waals surface area contributed by atoms with Crippen molar-refractivity contribution >= 4 is 15.9 Å². The van der Waals surface area contributed by atoms with E-state index in [4.69, 9.17) is 9.47 Å². The normalized spacial score (nSPS) is 20.0. The Morgan fingerprint density at radius 3 is 2.57 bits per heavy atom. The molecule has 21 heavy (non-hydrogen) atoms. The lowest BCUT2D eigenvalue weighted by atomic mass is 10.1. The minimum absolute atomic E-state index is 0.141. The average Bonchev–Trinajstić information content (AvgIpc) is 3.20. The second-order valence-corrected chi connectivity index (χ2v) is 6.24. The molecule has 1 fully saturated rings. The maximum atomic E-state index is 12.9. The third-order valence-electron chi connectivity index (χ3n) is 3.79. The van der Waals surface area contributed by atoms with Crippen molar-refractivity contribution in [1.29, 1.82) is 0 Å². The fourth-order valence-electron chi connectivity index (χ4n) is 2.34. The Kier molecular flexibility index (Phi) is 3.81. The van der Waals surface area contributed by atoms with Gasteiger partial charge in [-0.15, -0.1) is 0 Å². The summed E-state index contributed by atoms with van der Waals surface area (Å²) in [6.07, 6.45) is -3.13. The van der Waals surface area contributed by atoms with E-state index in [2.05, 4.69) is 21.2 Å². The van der Waals surface area contributed by atoms with E-state index in [1.165, 1.54) is 0 Å². The average molecular weight is 366 g/mol. The molecule has 0 aromatic heterocycles. The van der Waals surface area contributed by atoms with E-state index in [1.54, 1.807) is 12.1 Å². The number of alkyl halides is 3. The highest BCUT2D eigenvalue weighted by Crippen LogP contribution is 2.49. The molecule has 1 aromatic carbocycles. The molecule has 0 saturated heterocycles. The minimum atomic E-state index is -4.20. The molecular formula is C14H15BrF3NO2. The van der Waals surface area contributed by atoms with Gasteiger partial charge in [-0.25, -0.2) is 0 Å². The highest BCUT2D eigenvalue weighted by atomic mass is 79.9. The Balaban J connectivity index is 1.75. The van der Waals surface area contributed by atoms with Gasteiger partial charge in [-0.2, -0.15) is 13.2 Å². The van der Waals surface area contributed by atoms with Crippen molar-refractivity contribution in [3.8, 4) is 11.5 Å². The molecule has 0 spiro atoms. The molecule has 0 bridgehead atoms. The van der Waals surface area contributed by atoms with Crippen molar-refractivity contribution in [3.63, 3.8) is 0 Å². The van der Waals surface area contributed by atoms with E-state index in [1.807, 2.05) is 0 Å². The van der Waals surface area contributed by atoms with Crippen molar-refractivity contribution in [2.24, 2.45) is 0 Å². The molecule has 7 heteroatoms. The Bertz CT molecular complexity index is 544. The highest BCUT2D eigenvalue weighted by Gasteiger charge is 2.62. The van der Waals surface area contributed by atoms with E-state index in [-0.39, 0.29) is 19.4 Å². The third kappa shape index (κ3) is 2.99. The van der Waals surface area contributed by atoms with Crippen LogP contribution in [0.2, 0.25) is 0 Å². The van der Waals surface area contributed by atoms with Crippen LogP contribution in [0.5, 0.6) is 11.5 Å². The fourth-order valence-corrected chi connectivity index (χ4v) is 2.95. The second-order valence-electron chi connectivity index (χ2n) is 5.39. The molecule has 2 aliphatic rings. The zero-order valence-electron chi connectivity index (χ0n) is 11.2. The second kappa shape index (κ2) is 5.35. The number of benzene rings is 1. The lowest BCUT2D eigenvalue weighted by Crippen LogP contribution is -2.44. The third-order valence-corrected chi connectivity index (χ3v) is 4.37.